The number of terminal acetylenes is 1. The van der Waals surface area contributed by atoms with E-state index < -0.39 is 5.60 Å². The maximum atomic E-state index is 11.1. The molecule has 2 nitrogen and oxygen atoms in total. The van der Waals surface area contributed by atoms with Gasteiger partial charge in [-0.2, -0.15) is 0 Å². The molecule has 1 saturated carbocycles. The summed E-state index contributed by atoms with van der Waals surface area (Å²) in [4.78, 5) is 11.1. The SMILES string of the molecule is C#CC1(O)CCCCC1C(C)=O. The average Bonchev–Trinajstić information content (AvgIpc) is 2.05. The molecule has 12 heavy (non-hydrogen) atoms. The standard InChI is InChI=1S/C10H14O2/c1-3-10(12)7-5-4-6-9(10)8(2)11/h1,9,12H,4-7H2,2H3. The highest BCUT2D eigenvalue weighted by Gasteiger charge is 2.39. The second kappa shape index (κ2) is 3.28. The van der Waals surface area contributed by atoms with Crippen LogP contribution in [-0.2, 0) is 4.79 Å². The van der Waals surface area contributed by atoms with Gasteiger partial charge < -0.3 is 5.11 Å². The molecule has 0 aromatic rings. The highest BCUT2D eigenvalue weighted by Crippen LogP contribution is 2.33. The first-order chi connectivity index (χ1) is 5.60. The number of Topliss-reactive ketones (excluding diaryl/α,β-unsaturated/α-hetero) is 1. The molecule has 2 atom stereocenters. The predicted molar refractivity (Wildman–Crippen MR) is 46.4 cm³/mol. The number of rotatable bonds is 1. The zero-order valence-corrected chi connectivity index (χ0v) is 7.34. The Hall–Kier alpha value is -0.810. The van der Waals surface area contributed by atoms with Crippen LogP contribution in [0.3, 0.4) is 0 Å². The van der Waals surface area contributed by atoms with Crippen molar-refractivity contribution in [1.29, 1.82) is 0 Å². The van der Waals surface area contributed by atoms with Gasteiger partial charge in [-0.1, -0.05) is 12.3 Å². The number of hydrogen-bond acceptors (Lipinski definition) is 2. The molecule has 0 aromatic carbocycles. The predicted octanol–water partition coefficient (Wildman–Crippen LogP) is 1.13. The lowest BCUT2D eigenvalue weighted by atomic mass is 9.74. The summed E-state index contributed by atoms with van der Waals surface area (Å²) in [6, 6.07) is 0. The largest absolute Gasteiger partial charge is 0.377 e. The van der Waals surface area contributed by atoms with Crippen LogP contribution in [0.5, 0.6) is 0 Å². The monoisotopic (exact) mass is 166 g/mol. The Bertz CT molecular complexity index is 226. The van der Waals surface area contributed by atoms with Gasteiger partial charge in [0, 0.05) is 0 Å². The Kier molecular flexibility index (Phi) is 2.54. The molecule has 1 rings (SSSR count). The lowest BCUT2D eigenvalue weighted by Crippen LogP contribution is -2.42. The molecule has 0 heterocycles. The molecule has 1 N–H and O–H groups in total. The third kappa shape index (κ3) is 1.51. The summed E-state index contributed by atoms with van der Waals surface area (Å²) in [5, 5.41) is 9.85. The highest BCUT2D eigenvalue weighted by atomic mass is 16.3. The molecule has 1 aliphatic carbocycles. The molecule has 0 aromatic heterocycles. The highest BCUT2D eigenvalue weighted by molar-refractivity contribution is 5.80. The van der Waals surface area contributed by atoms with E-state index in [1.165, 1.54) is 6.92 Å². The molecule has 0 spiro atoms. The Labute approximate surface area is 73.0 Å². The summed E-state index contributed by atoms with van der Waals surface area (Å²) in [5.41, 5.74) is -1.16. The normalized spacial score (nSPS) is 35.6. The molecule has 66 valence electrons. The minimum atomic E-state index is -1.16. The Morgan fingerprint density at radius 2 is 2.33 bits per heavy atom. The second-order valence-corrected chi connectivity index (χ2v) is 3.48. The molecular formula is C10H14O2. The van der Waals surface area contributed by atoms with Crippen molar-refractivity contribution in [3.8, 4) is 12.3 Å². The van der Waals surface area contributed by atoms with Gasteiger partial charge >= 0.3 is 0 Å². The van der Waals surface area contributed by atoms with Crippen LogP contribution < -0.4 is 0 Å². The van der Waals surface area contributed by atoms with Crippen LogP contribution >= 0.6 is 0 Å². The molecule has 1 fully saturated rings. The van der Waals surface area contributed by atoms with Crippen molar-refractivity contribution in [3.05, 3.63) is 0 Å². The van der Waals surface area contributed by atoms with E-state index in [1.54, 1.807) is 0 Å². The van der Waals surface area contributed by atoms with Crippen LogP contribution in [0.4, 0.5) is 0 Å². The van der Waals surface area contributed by atoms with Gasteiger partial charge in [0.15, 0.2) is 0 Å². The van der Waals surface area contributed by atoms with Gasteiger partial charge in [0.1, 0.15) is 11.4 Å². The van der Waals surface area contributed by atoms with Crippen LogP contribution in [0.1, 0.15) is 32.6 Å². The van der Waals surface area contributed by atoms with Gasteiger partial charge in [-0.3, -0.25) is 4.79 Å². The van der Waals surface area contributed by atoms with Crippen LogP contribution in [0.2, 0.25) is 0 Å². The van der Waals surface area contributed by atoms with E-state index >= 15 is 0 Å². The van der Waals surface area contributed by atoms with E-state index in [9.17, 15) is 9.90 Å². The number of ketones is 1. The molecule has 0 bridgehead atoms. The van der Waals surface area contributed by atoms with Gasteiger partial charge in [0.25, 0.3) is 0 Å². The number of hydrogen-bond donors (Lipinski definition) is 1. The summed E-state index contributed by atoms with van der Waals surface area (Å²) in [5.74, 6) is 2.02. The molecule has 1 aliphatic rings. The lowest BCUT2D eigenvalue weighted by Gasteiger charge is -2.34. The third-order valence-electron chi connectivity index (χ3n) is 2.62. The van der Waals surface area contributed by atoms with Crippen LogP contribution in [0.15, 0.2) is 0 Å². The smallest absolute Gasteiger partial charge is 0.136 e. The fraction of sp³-hybridized carbons (Fsp3) is 0.700. The third-order valence-corrected chi connectivity index (χ3v) is 2.62. The van der Waals surface area contributed by atoms with Crippen molar-refractivity contribution in [3.63, 3.8) is 0 Å². The molecule has 0 radical (unpaired) electrons. The van der Waals surface area contributed by atoms with E-state index in [0.29, 0.717) is 6.42 Å². The maximum absolute atomic E-state index is 11.1. The van der Waals surface area contributed by atoms with Gasteiger partial charge in [-0.25, -0.2) is 0 Å². The maximum Gasteiger partial charge on any atom is 0.136 e. The van der Waals surface area contributed by atoms with Crippen molar-refractivity contribution in [2.24, 2.45) is 5.92 Å². The first kappa shape index (κ1) is 9.28. The van der Waals surface area contributed by atoms with Crippen LogP contribution in [0.25, 0.3) is 0 Å². The summed E-state index contributed by atoms with van der Waals surface area (Å²) in [7, 11) is 0. The molecule has 2 unspecified atom stereocenters. The minimum absolute atomic E-state index is 0.00940. The quantitative estimate of drug-likeness (QED) is 0.593. The van der Waals surface area contributed by atoms with Gasteiger partial charge in [-0.05, 0) is 26.2 Å². The van der Waals surface area contributed by atoms with E-state index in [2.05, 4.69) is 5.92 Å². The first-order valence-corrected chi connectivity index (χ1v) is 4.31. The second-order valence-electron chi connectivity index (χ2n) is 3.48. The summed E-state index contributed by atoms with van der Waals surface area (Å²) < 4.78 is 0. The minimum Gasteiger partial charge on any atom is -0.377 e. The summed E-state index contributed by atoms with van der Waals surface area (Å²) >= 11 is 0. The molecule has 2 heteroatoms. The fourth-order valence-electron chi connectivity index (χ4n) is 1.87. The van der Waals surface area contributed by atoms with E-state index in [1.807, 2.05) is 0 Å². The summed E-state index contributed by atoms with van der Waals surface area (Å²) in [6.45, 7) is 1.50. The number of aliphatic hydroxyl groups is 1. The molecule has 0 saturated heterocycles. The zero-order valence-electron chi connectivity index (χ0n) is 7.34. The first-order valence-electron chi connectivity index (χ1n) is 4.31. The lowest BCUT2D eigenvalue weighted by molar-refractivity contribution is -0.129. The van der Waals surface area contributed by atoms with Crippen molar-refractivity contribution >= 4 is 5.78 Å². The molecule has 0 amide bonds. The van der Waals surface area contributed by atoms with Crippen molar-refractivity contribution in [1.82, 2.24) is 0 Å². The Morgan fingerprint density at radius 1 is 1.67 bits per heavy atom. The van der Waals surface area contributed by atoms with Crippen LogP contribution in [-0.4, -0.2) is 16.5 Å². The topological polar surface area (TPSA) is 37.3 Å². The van der Waals surface area contributed by atoms with Gasteiger partial charge in [-0.15, -0.1) is 6.42 Å². The van der Waals surface area contributed by atoms with Gasteiger partial charge in [0.2, 0.25) is 0 Å². The van der Waals surface area contributed by atoms with Crippen molar-refractivity contribution < 1.29 is 9.90 Å². The average molecular weight is 166 g/mol. The van der Waals surface area contributed by atoms with E-state index in [4.69, 9.17) is 6.42 Å². The zero-order chi connectivity index (χ0) is 9.19. The van der Waals surface area contributed by atoms with E-state index in [0.717, 1.165) is 19.3 Å². The number of carbonyl (C=O) groups is 1. The van der Waals surface area contributed by atoms with Crippen molar-refractivity contribution in [2.45, 2.75) is 38.2 Å². The van der Waals surface area contributed by atoms with Crippen molar-refractivity contribution in [2.75, 3.05) is 0 Å². The fourth-order valence-corrected chi connectivity index (χ4v) is 1.87. The van der Waals surface area contributed by atoms with Crippen LogP contribution in [0, 0.1) is 18.3 Å². The van der Waals surface area contributed by atoms with E-state index in [-0.39, 0.29) is 11.7 Å². The number of carbonyl (C=O) groups excluding carboxylic acids is 1. The molecule has 0 aliphatic heterocycles. The Balaban J connectivity index is 2.82. The molecular weight excluding hydrogens is 152 g/mol. The van der Waals surface area contributed by atoms with Gasteiger partial charge in [0.05, 0.1) is 5.92 Å². The summed E-state index contributed by atoms with van der Waals surface area (Å²) in [6.07, 6.45) is 8.42. The Morgan fingerprint density at radius 3 is 2.75 bits per heavy atom.